The third-order valence-corrected chi connectivity index (χ3v) is 4.27. The van der Waals surface area contributed by atoms with E-state index in [1.165, 1.54) is 20.0 Å². The minimum absolute atomic E-state index is 0.119. The first-order chi connectivity index (χ1) is 9.01. The molecule has 1 heterocycles. The summed E-state index contributed by atoms with van der Waals surface area (Å²) in [5.74, 6) is 0.376. The fourth-order valence-electron chi connectivity index (χ4n) is 3.22. The first-order valence-electron chi connectivity index (χ1n) is 7.60. The zero-order valence-corrected chi connectivity index (χ0v) is 12.7. The normalized spacial score (nSPS) is 29.7. The van der Waals surface area contributed by atoms with Crippen molar-refractivity contribution < 1.29 is 9.53 Å². The van der Waals surface area contributed by atoms with Crippen molar-refractivity contribution in [2.24, 2.45) is 5.92 Å². The van der Waals surface area contributed by atoms with Gasteiger partial charge in [0.15, 0.2) is 0 Å². The molecule has 1 aliphatic carbocycles. The maximum Gasteiger partial charge on any atom is 0.322 e. The fraction of sp³-hybridized carbons (Fsp3) is 0.933. The highest BCUT2D eigenvalue weighted by atomic mass is 16.5. The lowest BCUT2D eigenvalue weighted by atomic mass is 10.0. The molecule has 0 aromatic rings. The number of esters is 1. The van der Waals surface area contributed by atoms with Crippen LogP contribution in [-0.2, 0) is 9.53 Å². The zero-order valence-electron chi connectivity index (χ0n) is 12.7. The maximum absolute atomic E-state index is 11.8. The Kier molecular flexibility index (Phi) is 4.85. The Hall–Kier alpha value is -0.610. The summed E-state index contributed by atoms with van der Waals surface area (Å²) in [7, 11) is 1.48. The van der Waals surface area contributed by atoms with Gasteiger partial charge in [0, 0.05) is 24.7 Å². The molecule has 110 valence electrons. The van der Waals surface area contributed by atoms with Gasteiger partial charge in [0.25, 0.3) is 0 Å². The number of methoxy groups -OCH3 is 1. The molecule has 0 amide bonds. The average molecular weight is 268 g/mol. The Morgan fingerprint density at radius 1 is 1.42 bits per heavy atom. The summed E-state index contributed by atoms with van der Waals surface area (Å²) in [6, 6.07) is 1.73. The summed E-state index contributed by atoms with van der Waals surface area (Å²) in [5, 5.41) is 3.52. The summed E-state index contributed by atoms with van der Waals surface area (Å²) in [5.41, 5.74) is 0. The number of carbonyl (C=O) groups excluding carboxylic acids is 1. The van der Waals surface area contributed by atoms with Crippen molar-refractivity contribution in [3.8, 4) is 0 Å². The number of carbonyl (C=O) groups is 1. The van der Waals surface area contributed by atoms with E-state index in [9.17, 15) is 4.79 Å². The van der Waals surface area contributed by atoms with E-state index in [2.05, 4.69) is 31.0 Å². The van der Waals surface area contributed by atoms with Gasteiger partial charge in [0.1, 0.15) is 6.04 Å². The van der Waals surface area contributed by atoms with Crippen molar-refractivity contribution >= 4 is 5.97 Å². The topological polar surface area (TPSA) is 41.6 Å². The molecule has 19 heavy (non-hydrogen) atoms. The highest BCUT2D eigenvalue weighted by Crippen LogP contribution is 2.33. The van der Waals surface area contributed by atoms with Gasteiger partial charge in [-0.3, -0.25) is 9.69 Å². The van der Waals surface area contributed by atoms with Crippen LogP contribution >= 0.6 is 0 Å². The van der Waals surface area contributed by atoms with Gasteiger partial charge in [0.2, 0.25) is 0 Å². The molecule has 0 aromatic heterocycles. The van der Waals surface area contributed by atoms with Crippen LogP contribution in [0, 0.1) is 5.92 Å². The monoisotopic (exact) mass is 268 g/mol. The van der Waals surface area contributed by atoms with Gasteiger partial charge in [-0.1, -0.05) is 13.8 Å². The number of likely N-dealkylation sites (tertiary alicyclic amines) is 1. The maximum atomic E-state index is 11.8. The lowest BCUT2D eigenvalue weighted by Gasteiger charge is -2.23. The van der Waals surface area contributed by atoms with Gasteiger partial charge in [-0.2, -0.15) is 0 Å². The molecule has 2 aliphatic rings. The fourth-order valence-corrected chi connectivity index (χ4v) is 3.22. The van der Waals surface area contributed by atoms with Gasteiger partial charge >= 0.3 is 5.97 Å². The molecule has 0 aromatic carbocycles. The Bertz CT molecular complexity index is 315. The molecule has 0 spiro atoms. The quantitative estimate of drug-likeness (QED) is 0.746. The first kappa shape index (κ1) is 14.8. The predicted molar refractivity (Wildman–Crippen MR) is 76.0 cm³/mol. The Balaban J connectivity index is 1.88. The van der Waals surface area contributed by atoms with E-state index in [0.29, 0.717) is 18.0 Å². The first-order valence-corrected chi connectivity index (χ1v) is 7.60. The van der Waals surface area contributed by atoms with Gasteiger partial charge in [-0.05, 0) is 38.5 Å². The van der Waals surface area contributed by atoms with Crippen LogP contribution < -0.4 is 5.32 Å². The lowest BCUT2D eigenvalue weighted by Crippen LogP contribution is -2.45. The number of hydrogen-bond donors (Lipinski definition) is 1. The van der Waals surface area contributed by atoms with Crippen molar-refractivity contribution in [2.75, 3.05) is 13.7 Å². The Morgan fingerprint density at radius 2 is 2.11 bits per heavy atom. The average Bonchev–Trinajstić information content (AvgIpc) is 3.12. The van der Waals surface area contributed by atoms with E-state index in [0.717, 1.165) is 25.4 Å². The zero-order chi connectivity index (χ0) is 14.0. The van der Waals surface area contributed by atoms with E-state index < -0.39 is 0 Å². The SMILES string of the molecule is COC(=O)C(CC(C)C)NC1CC(C)N(C2CC2)C1. The molecule has 3 atom stereocenters. The summed E-state index contributed by atoms with van der Waals surface area (Å²) >= 11 is 0. The smallest absolute Gasteiger partial charge is 0.322 e. The molecule has 4 heteroatoms. The van der Waals surface area contributed by atoms with Crippen LogP contribution in [0.1, 0.15) is 46.5 Å². The van der Waals surface area contributed by atoms with Gasteiger partial charge < -0.3 is 10.1 Å². The molecule has 1 saturated heterocycles. The number of rotatable bonds is 6. The van der Waals surface area contributed by atoms with E-state index in [4.69, 9.17) is 4.74 Å². The highest BCUT2D eigenvalue weighted by Gasteiger charge is 2.39. The van der Waals surface area contributed by atoms with Crippen LogP contribution in [0.4, 0.5) is 0 Å². The minimum Gasteiger partial charge on any atom is -0.468 e. The molecular weight excluding hydrogens is 240 g/mol. The molecule has 1 N–H and O–H groups in total. The number of nitrogens with zero attached hydrogens (tertiary/aromatic N) is 1. The number of ether oxygens (including phenoxy) is 1. The highest BCUT2D eigenvalue weighted by molar-refractivity contribution is 5.75. The molecule has 0 bridgehead atoms. The summed E-state index contributed by atoms with van der Waals surface area (Å²) in [6.07, 6.45) is 4.69. The molecule has 2 fully saturated rings. The van der Waals surface area contributed by atoms with Gasteiger partial charge in [-0.15, -0.1) is 0 Å². The van der Waals surface area contributed by atoms with Crippen LogP contribution in [0.5, 0.6) is 0 Å². The molecule has 4 nitrogen and oxygen atoms in total. The summed E-state index contributed by atoms with van der Waals surface area (Å²) in [6.45, 7) is 7.67. The minimum atomic E-state index is -0.152. The van der Waals surface area contributed by atoms with Crippen LogP contribution in [0.25, 0.3) is 0 Å². The molecule has 1 saturated carbocycles. The van der Waals surface area contributed by atoms with E-state index in [-0.39, 0.29) is 12.0 Å². The predicted octanol–water partition coefficient (Wildman–Crippen LogP) is 1.79. The standard InChI is InChI=1S/C15H28N2O2/c1-10(2)7-14(15(18)19-4)16-12-8-11(3)17(9-12)13-5-6-13/h10-14,16H,5-9H2,1-4H3. The summed E-state index contributed by atoms with van der Waals surface area (Å²) < 4.78 is 4.92. The molecule has 0 radical (unpaired) electrons. The second-order valence-electron chi connectivity index (χ2n) is 6.58. The van der Waals surface area contributed by atoms with Crippen molar-refractivity contribution in [3.63, 3.8) is 0 Å². The van der Waals surface area contributed by atoms with Crippen molar-refractivity contribution in [1.82, 2.24) is 10.2 Å². The third-order valence-electron chi connectivity index (χ3n) is 4.27. The van der Waals surface area contributed by atoms with Gasteiger partial charge in [0.05, 0.1) is 7.11 Å². The van der Waals surface area contributed by atoms with Crippen LogP contribution in [0.15, 0.2) is 0 Å². The Morgan fingerprint density at radius 3 is 2.63 bits per heavy atom. The molecule has 3 unspecified atom stereocenters. The van der Waals surface area contributed by atoms with Crippen molar-refractivity contribution in [1.29, 1.82) is 0 Å². The Labute approximate surface area is 116 Å². The van der Waals surface area contributed by atoms with Crippen LogP contribution in [0.2, 0.25) is 0 Å². The second kappa shape index (κ2) is 6.23. The summed E-state index contributed by atoms with van der Waals surface area (Å²) in [4.78, 5) is 14.4. The second-order valence-corrected chi connectivity index (χ2v) is 6.58. The lowest BCUT2D eigenvalue weighted by molar-refractivity contribution is -0.143. The van der Waals surface area contributed by atoms with E-state index in [1.807, 2.05) is 0 Å². The largest absolute Gasteiger partial charge is 0.468 e. The molecular formula is C15H28N2O2. The van der Waals surface area contributed by atoms with Crippen LogP contribution in [0.3, 0.4) is 0 Å². The molecule has 1 aliphatic heterocycles. The van der Waals surface area contributed by atoms with Gasteiger partial charge in [-0.25, -0.2) is 0 Å². The number of hydrogen-bond acceptors (Lipinski definition) is 4. The molecule has 2 rings (SSSR count). The van der Waals surface area contributed by atoms with E-state index >= 15 is 0 Å². The van der Waals surface area contributed by atoms with Crippen molar-refractivity contribution in [2.45, 2.75) is 70.6 Å². The van der Waals surface area contributed by atoms with Crippen molar-refractivity contribution in [3.05, 3.63) is 0 Å². The number of nitrogens with one attached hydrogen (secondary N) is 1. The van der Waals surface area contributed by atoms with E-state index in [1.54, 1.807) is 0 Å². The van der Waals surface area contributed by atoms with Crippen LogP contribution in [-0.4, -0.2) is 48.7 Å². The third kappa shape index (κ3) is 3.93.